The molecule has 2 heterocycles. The molecule has 2 aromatic carbocycles. The number of carbonyl (C=O) groups is 1. The van der Waals surface area contributed by atoms with Crippen molar-refractivity contribution in [2.45, 2.75) is 96.4 Å². The fourth-order valence-electron chi connectivity index (χ4n) is 6.68. The number of ketones is 1. The van der Waals surface area contributed by atoms with E-state index in [1.165, 1.54) is 31.2 Å². The minimum Gasteiger partial charge on any atom is -0.489 e. The number of rotatable bonds is 5. The molecule has 3 atom stereocenters. The lowest BCUT2D eigenvalue weighted by atomic mass is 9.86. The highest BCUT2D eigenvalue weighted by molar-refractivity contribution is 5.90. The van der Waals surface area contributed by atoms with Gasteiger partial charge < -0.3 is 4.74 Å². The van der Waals surface area contributed by atoms with Crippen LogP contribution in [0.5, 0.6) is 5.75 Å². The Morgan fingerprint density at radius 3 is 2.39 bits per heavy atom. The van der Waals surface area contributed by atoms with Crippen molar-refractivity contribution in [1.29, 1.82) is 5.26 Å². The summed E-state index contributed by atoms with van der Waals surface area (Å²) < 4.78 is 6.31. The molecule has 2 aliphatic heterocycles. The van der Waals surface area contributed by atoms with Crippen molar-refractivity contribution in [1.82, 2.24) is 4.90 Å². The highest BCUT2D eigenvalue weighted by Crippen LogP contribution is 2.44. The quantitative estimate of drug-likeness (QED) is 0.524. The summed E-state index contributed by atoms with van der Waals surface area (Å²) in [5, 5.41) is 12.0. The van der Waals surface area contributed by atoms with Gasteiger partial charge in [0, 0.05) is 29.4 Å². The van der Waals surface area contributed by atoms with Crippen LogP contribution >= 0.6 is 0 Å². The molecule has 0 N–H and O–H groups in total. The standard InChI is InChI=1S/C29H36N2O2/c1-18-4-10-26(11-5-18)33-29-13-7-22-14-21(6-12-27(22)28(29)17-30)19(2)31-24-8-9-25(31)16-23(15-24)20(3)32/h6-7,12-14,18-19,23-26H,4-5,8-11,15-16H2,1-3H3. The molecule has 1 aliphatic carbocycles. The van der Waals surface area contributed by atoms with Gasteiger partial charge in [0.1, 0.15) is 23.2 Å². The highest BCUT2D eigenvalue weighted by Gasteiger charge is 2.44. The molecule has 2 bridgehead atoms. The number of piperidine rings is 1. The monoisotopic (exact) mass is 444 g/mol. The molecule has 174 valence electrons. The van der Waals surface area contributed by atoms with Crippen molar-refractivity contribution in [3.63, 3.8) is 0 Å². The van der Waals surface area contributed by atoms with Crippen molar-refractivity contribution >= 4 is 16.6 Å². The molecule has 3 aliphatic rings. The molecule has 4 nitrogen and oxygen atoms in total. The average molecular weight is 445 g/mol. The maximum atomic E-state index is 12.0. The lowest BCUT2D eigenvalue weighted by molar-refractivity contribution is -0.123. The number of nitriles is 1. The van der Waals surface area contributed by atoms with Gasteiger partial charge in [0.15, 0.2) is 0 Å². The number of benzene rings is 2. The van der Waals surface area contributed by atoms with Gasteiger partial charge in [0.25, 0.3) is 0 Å². The van der Waals surface area contributed by atoms with Gasteiger partial charge in [-0.05, 0) is 94.2 Å². The summed E-state index contributed by atoms with van der Waals surface area (Å²) in [6.07, 6.45) is 9.17. The fraction of sp³-hybridized carbons (Fsp3) is 0.586. The van der Waals surface area contributed by atoms with E-state index >= 15 is 0 Å². The van der Waals surface area contributed by atoms with Crippen molar-refractivity contribution in [2.24, 2.45) is 11.8 Å². The van der Waals surface area contributed by atoms with Crippen LogP contribution in [0.25, 0.3) is 10.8 Å². The maximum absolute atomic E-state index is 12.0. The average Bonchev–Trinajstić information content (AvgIpc) is 3.08. The number of fused-ring (bicyclic) bond motifs is 3. The van der Waals surface area contributed by atoms with Gasteiger partial charge in [-0.15, -0.1) is 0 Å². The van der Waals surface area contributed by atoms with Gasteiger partial charge in [-0.25, -0.2) is 0 Å². The van der Waals surface area contributed by atoms with E-state index < -0.39 is 0 Å². The minimum absolute atomic E-state index is 0.221. The molecule has 0 spiro atoms. The van der Waals surface area contributed by atoms with Crippen molar-refractivity contribution in [2.75, 3.05) is 0 Å². The molecule has 1 saturated carbocycles. The normalized spacial score (nSPS) is 30.7. The molecule has 2 aromatic rings. The van der Waals surface area contributed by atoms with Crippen LogP contribution in [0.15, 0.2) is 30.3 Å². The number of hydrogen-bond acceptors (Lipinski definition) is 4. The van der Waals surface area contributed by atoms with E-state index in [-0.39, 0.29) is 12.0 Å². The van der Waals surface area contributed by atoms with E-state index in [1.54, 1.807) is 6.92 Å². The van der Waals surface area contributed by atoms with Crippen LogP contribution in [-0.2, 0) is 4.79 Å². The molecular formula is C29H36N2O2. The van der Waals surface area contributed by atoms with Gasteiger partial charge in [-0.2, -0.15) is 5.26 Å². The largest absolute Gasteiger partial charge is 0.489 e. The SMILES string of the molecule is CC(=O)C1CC2CCC(C1)N2C(C)c1ccc2c(C#N)c(OC3CCC(C)CC3)ccc2c1. The van der Waals surface area contributed by atoms with Gasteiger partial charge in [0.05, 0.1) is 6.10 Å². The second kappa shape index (κ2) is 9.11. The Balaban J connectivity index is 1.38. The molecule has 3 fully saturated rings. The Hall–Kier alpha value is -2.38. The van der Waals surface area contributed by atoms with Crippen LogP contribution in [0.4, 0.5) is 0 Å². The first-order valence-electron chi connectivity index (χ1n) is 12.9. The molecule has 0 aromatic heterocycles. The maximum Gasteiger partial charge on any atom is 0.138 e. The summed E-state index contributed by atoms with van der Waals surface area (Å²) >= 11 is 0. The van der Waals surface area contributed by atoms with E-state index in [1.807, 2.05) is 6.07 Å². The lowest BCUT2D eigenvalue weighted by Gasteiger charge is -2.42. The molecule has 3 unspecified atom stereocenters. The van der Waals surface area contributed by atoms with E-state index in [0.29, 0.717) is 29.5 Å². The van der Waals surface area contributed by atoms with Crippen molar-refractivity contribution in [3.8, 4) is 11.8 Å². The second-order valence-electron chi connectivity index (χ2n) is 10.8. The first kappa shape index (κ1) is 22.4. The zero-order valence-electron chi connectivity index (χ0n) is 20.2. The van der Waals surface area contributed by atoms with Gasteiger partial charge >= 0.3 is 0 Å². The highest BCUT2D eigenvalue weighted by atomic mass is 16.5. The molecular weight excluding hydrogens is 408 g/mol. The van der Waals surface area contributed by atoms with Crippen LogP contribution in [0.3, 0.4) is 0 Å². The molecule has 0 amide bonds. The van der Waals surface area contributed by atoms with E-state index in [9.17, 15) is 10.1 Å². The first-order chi connectivity index (χ1) is 15.9. The predicted molar refractivity (Wildman–Crippen MR) is 131 cm³/mol. The third-order valence-corrected chi connectivity index (χ3v) is 8.67. The van der Waals surface area contributed by atoms with Gasteiger partial charge in [0.2, 0.25) is 0 Å². The van der Waals surface area contributed by atoms with Gasteiger partial charge in [-0.1, -0.05) is 25.1 Å². The van der Waals surface area contributed by atoms with Crippen molar-refractivity contribution in [3.05, 3.63) is 41.5 Å². The minimum atomic E-state index is 0.221. The van der Waals surface area contributed by atoms with Crippen LogP contribution in [-0.4, -0.2) is 28.9 Å². The van der Waals surface area contributed by atoms with E-state index in [2.05, 4.69) is 49.1 Å². The Bertz CT molecular complexity index is 1060. The Kier molecular flexibility index (Phi) is 6.18. The summed E-state index contributed by atoms with van der Waals surface area (Å²) in [7, 11) is 0. The van der Waals surface area contributed by atoms with E-state index in [0.717, 1.165) is 48.1 Å². The van der Waals surface area contributed by atoms with Crippen LogP contribution in [0.1, 0.15) is 89.3 Å². The van der Waals surface area contributed by atoms with E-state index in [4.69, 9.17) is 4.74 Å². The summed E-state index contributed by atoms with van der Waals surface area (Å²) in [5.74, 6) is 2.11. The summed E-state index contributed by atoms with van der Waals surface area (Å²) in [5.41, 5.74) is 1.95. The van der Waals surface area contributed by atoms with Crippen LogP contribution < -0.4 is 4.74 Å². The number of Topliss-reactive ketones (excluding diaryl/α,β-unsaturated/α-hetero) is 1. The predicted octanol–water partition coefficient (Wildman–Crippen LogP) is 6.56. The Morgan fingerprint density at radius 1 is 1.06 bits per heavy atom. The summed E-state index contributed by atoms with van der Waals surface area (Å²) in [4.78, 5) is 14.6. The molecule has 4 heteroatoms. The van der Waals surface area contributed by atoms with Crippen LogP contribution in [0, 0.1) is 23.2 Å². The number of hydrogen-bond donors (Lipinski definition) is 0. The second-order valence-corrected chi connectivity index (χ2v) is 10.8. The van der Waals surface area contributed by atoms with Gasteiger partial charge in [-0.3, -0.25) is 9.69 Å². The third-order valence-electron chi connectivity index (χ3n) is 8.67. The molecule has 33 heavy (non-hydrogen) atoms. The van der Waals surface area contributed by atoms with Crippen molar-refractivity contribution < 1.29 is 9.53 Å². The lowest BCUT2D eigenvalue weighted by Crippen LogP contribution is -2.45. The Morgan fingerprint density at radius 2 is 1.76 bits per heavy atom. The zero-order chi connectivity index (χ0) is 23.1. The Labute approximate surface area is 197 Å². The molecule has 2 saturated heterocycles. The molecule has 0 radical (unpaired) electrons. The molecule has 5 rings (SSSR count). The van der Waals surface area contributed by atoms with Crippen LogP contribution in [0.2, 0.25) is 0 Å². The first-order valence-corrected chi connectivity index (χ1v) is 12.9. The fourth-order valence-corrected chi connectivity index (χ4v) is 6.68. The number of ether oxygens (including phenoxy) is 1. The third kappa shape index (κ3) is 4.28. The number of carbonyl (C=O) groups excluding carboxylic acids is 1. The topological polar surface area (TPSA) is 53.3 Å². The zero-order valence-corrected chi connectivity index (χ0v) is 20.2. The summed E-state index contributed by atoms with van der Waals surface area (Å²) in [6.45, 7) is 6.36. The summed E-state index contributed by atoms with van der Waals surface area (Å²) in [6, 6.07) is 14.4. The number of nitrogens with zero attached hydrogens (tertiary/aromatic N) is 2. The smallest absolute Gasteiger partial charge is 0.138 e.